The van der Waals surface area contributed by atoms with Gasteiger partial charge in [0.05, 0.1) is 62.0 Å². The molecule has 12 aromatic heterocycles. The maximum atomic E-state index is 13.0. The number of aromatic nitrogens is 18. The Kier molecular flexibility index (Phi) is 36.4. The van der Waals surface area contributed by atoms with Crippen molar-refractivity contribution in [3.63, 3.8) is 0 Å². The fourth-order valence-electron chi connectivity index (χ4n) is 15.2. The summed E-state index contributed by atoms with van der Waals surface area (Å²) in [6.07, 6.45) is -2.14. The minimum Gasteiger partial charge on any atom is -0.390 e. The van der Waals surface area contributed by atoms with E-state index in [1.807, 2.05) is 232 Å². The van der Waals surface area contributed by atoms with E-state index < -0.39 is 63.3 Å². The summed E-state index contributed by atoms with van der Waals surface area (Å²) in [5.74, 6) is 0.487. The van der Waals surface area contributed by atoms with Crippen LogP contribution in [0.4, 0.5) is 53.3 Å². The van der Waals surface area contributed by atoms with E-state index in [-0.39, 0.29) is 94.8 Å². The predicted octanol–water partition coefficient (Wildman–Crippen LogP) is 24.1. The summed E-state index contributed by atoms with van der Waals surface area (Å²) >= 11 is 28.0. The van der Waals surface area contributed by atoms with Crippen LogP contribution in [0.1, 0.15) is 301 Å². The fourth-order valence-corrected chi connectivity index (χ4v) is 16.1. The minimum absolute atomic E-state index is 0.00367. The van der Waals surface area contributed by atoms with Crippen LogP contribution in [0.5, 0.6) is 0 Å². The Morgan fingerprint density at radius 1 is 0.361 bits per heavy atom. The van der Waals surface area contributed by atoms with Gasteiger partial charge in [-0.1, -0.05) is 116 Å². The number of alkyl halides is 4. The molecule has 0 saturated heterocycles. The molecule has 0 radical (unpaired) electrons. The van der Waals surface area contributed by atoms with Crippen molar-refractivity contribution in [3.05, 3.63) is 102 Å². The molecule has 790 valence electrons. The number of hydrogen-bond acceptors (Lipinski definition) is 21. The number of pyridine rings is 6. The molecule has 9 N–H and O–H groups in total. The zero-order valence-corrected chi connectivity index (χ0v) is 94.5. The summed E-state index contributed by atoms with van der Waals surface area (Å²) in [4.78, 5) is 128. The number of aliphatic hydroxyl groups is 3. The topological polar surface area (TPSA) is 420 Å². The first-order valence-electron chi connectivity index (χ1n) is 47.5. The standard InChI is InChI=1S/C19H30N4O2.C17H22BrClN4O.C17H23ClF2N4O.C17H24F2N4O.2C16H23ClN4O2/c1-12-9-10-13-15(20-12)23(18(5,6)7)16(21-13)22-14(24)11-19(8,25)17(2,3)4;1-16(2,3)9-12(24)21-15-20-11-8-10(18)13(19)22-14(11)23(15)17(4)6-5-7-17;1-9-10(18)7-11-13(21-9)24(16(2,3)4)15(22-11)23-12(25)8-17(5,6)14(19)20;1-10-7-8-11-13(20-10)23(16(2,3)4)15(21-11)22-12(24)9-17(5,6)14(18)19;1-9-10(17)7-11-13(18-9)21(15(2,3)4)14(19-11)20-12(22)8-16(5,6)23;1-9-7-10-13(20-12(9)17)21(15(2,3)4)14(18-10)19-11(22)8-16(5,6)23/h9-10,25H,11H2,1-8H3,(H,21,22,24);8H,5-7,9H2,1-4H3,(H,20,21,24);7,14H,8H2,1-6H3,(H,22,23,25);7-8,14H,9H2,1-6H3,(H,21,22,24);7,23H,8H2,1-6H3,(H,19,20,22);7,23H,8H2,1-6H3,(H,18,19,22)/t19-;;;;;/m0...../s1. The first-order chi connectivity index (χ1) is 65.3. The number of amides is 6. The van der Waals surface area contributed by atoms with E-state index in [4.69, 9.17) is 46.4 Å². The zero-order valence-electron chi connectivity index (χ0n) is 89.9. The first kappa shape index (κ1) is 119. The molecule has 144 heavy (non-hydrogen) atoms. The molecule has 0 spiro atoms. The van der Waals surface area contributed by atoms with Gasteiger partial charge in [0.15, 0.2) is 33.9 Å². The monoisotopic (exact) mass is 2140 g/mol. The average Bonchev–Trinajstić information content (AvgIpc) is 1.64. The highest BCUT2D eigenvalue weighted by molar-refractivity contribution is 9.10. The molecule has 1 aliphatic rings. The lowest BCUT2D eigenvalue weighted by molar-refractivity contribution is -0.126. The predicted molar refractivity (Wildman–Crippen MR) is 570 cm³/mol. The van der Waals surface area contributed by atoms with Crippen LogP contribution in [-0.4, -0.2) is 168 Å². The number of halogens is 9. The van der Waals surface area contributed by atoms with Gasteiger partial charge < -0.3 is 15.3 Å². The minimum atomic E-state index is -2.59. The smallest absolute Gasteiger partial charge is 0.244 e. The van der Waals surface area contributed by atoms with Gasteiger partial charge in [-0.3, -0.25) is 88.1 Å². The first-order valence-corrected chi connectivity index (χ1v) is 49.8. The Bertz CT molecular complexity index is 6620. The molecule has 1 atom stereocenters. The van der Waals surface area contributed by atoms with E-state index in [9.17, 15) is 61.6 Å². The Morgan fingerprint density at radius 2 is 0.639 bits per heavy atom. The van der Waals surface area contributed by atoms with Crippen molar-refractivity contribution in [3.8, 4) is 0 Å². The van der Waals surface area contributed by atoms with Gasteiger partial charge in [-0.2, -0.15) is 0 Å². The number of hydrogen-bond donors (Lipinski definition) is 9. The summed E-state index contributed by atoms with van der Waals surface area (Å²) in [6.45, 7) is 66.7. The highest BCUT2D eigenvalue weighted by atomic mass is 79.9. The normalized spacial score (nSPS) is 13.9. The second-order valence-electron chi connectivity index (χ2n) is 47.4. The largest absolute Gasteiger partial charge is 0.390 e. The van der Waals surface area contributed by atoms with Crippen molar-refractivity contribution in [2.45, 2.75) is 370 Å². The Hall–Kier alpha value is -10.2. The van der Waals surface area contributed by atoms with Crippen LogP contribution in [0.25, 0.3) is 67.0 Å². The molecule has 12 heterocycles. The molecular formula is C102H145BrCl4F4N24O9. The summed E-state index contributed by atoms with van der Waals surface area (Å²) in [6, 6.07) is 14.6. The molecule has 12 aromatic rings. The van der Waals surface area contributed by atoms with E-state index in [0.717, 1.165) is 58.5 Å². The van der Waals surface area contributed by atoms with E-state index >= 15 is 0 Å². The summed E-state index contributed by atoms with van der Waals surface area (Å²) in [5.41, 5.74) is 3.38. The number of fused-ring (bicyclic) bond motifs is 6. The van der Waals surface area contributed by atoms with E-state index in [2.05, 4.69) is 115 Å². The third-order valence-corrected chi connectivity index (χ3v) is 25.6. The number of nitrogens with zero attached hydrogens (tertiary/aromatic N) is 18. The fraction of sp³-hybridized carbons (Fsp3) is 0.588. The van der Waals surface area contributed by atoms with Gasteiger partial charge in [0, 0.05) is 74.7 Å². The molecule has 42 heteroatoms. The lowest BCUT2D eigenvalue weighted by atomic mass is 9.76. The zero-order chi connectivity index (χ0) is 109. The van der Waals surface area contributed by atoms with Crippen molar-refractivity contribution < 1.29 is 61.6 Å². The molecule has 1 fully saturated rings. The summed E-state index contributed by atoms with van der Waals surface area (Å²) < 4.78 is 64.0. The van der Waals surface area contributed by atoms with Crippen LogP contribution in [-0.2, 0) is 62.0 Å². The molecule has 0 unspecified atom stereocenters. The van der Waals surface area contributed by atoms with Crippen molar-refractivity contribution in [2.24, 2.45) is 21.7 Å². The Labute approximate surface area is 868 Å². The van der Waals surface area contributed by atoms with Crippen LogP contribution >= 0.6 is 62.3 Å². The van der Waals surface area contributed by atoms with Crippen LogP contribution in [0.3, 0.4) is 0 Å². The van der Waals surface area contributed by atoms with Crippen LogP contribution in [0, 0.1) is 56.3 Å². The molecule has 0 aliphatic heterocycles. The lowest BCUT2D eigenvalue weighted by Crippen LogP contribution is -2.43. The van der Waals surface area contributed by atoms with E-state index in [1.165, 1.54) is 27.7 Å². The second kappa shape index (κ2) is 44.1. The molecule has 13 rings (SSSR count). The summed E-state index contributed by atoms with van der Waals surface area (Å²) in [5, 5.41) is 48.7. The van der Waals surface area contributed by atoms with Gasteiger partial charge >= 0.3 is 0 Å². The molecule has 1 saturated carbocycles. The number of carbonyl (C=O) groups is 6. The molecule has 0 bridgehead atoms. The van der Waals surface area contributed by atoms with Crippen molar-refractivity contribution >= 4 is 200 Å². The van der Waals surface area contributed by atoms with Gasteiger partial charge in [-0.15, -0.1) is 0 Å². The van der Waals surface area contributed by atoms with Gasteiger partial charge in [-0.05, 0) is 280 Å². The molecule has 0 aromatic carbocycles. The maximum absolute atomic E-state index is 13.0. The van der Waals surface area contributed by atoms with Crippen molar-refractivity contribution in [1.29, 1.82) is 0 Å². The number of aryl methyl sites for hydroxylation is 5. The van der Waals surface area contributed by atoms with Crippen LogP contribution < -0.4 is 31.9 Å². The Balaban J connectivity index is 0.000000211. The Morgan fingerprint density at radius 3 is 0.944 bits per heavy atom. The van der Waals surface area contributed by atoms with Crippen LogP contribution in [0.2, 0.25) is 20.4 Å². The average molecular weight is 2150 g/mol. The highest BCUT2D eigenvalue weighted by Gasteiger charge is 2.42. The molecule has 33 nitrogen and oxygen atoms in total. The number of imidazole rings is 6. The lowest BCUT2D eigenvalue weighted by Gasteiger charge is -2.40. The molecule has 1 aliphatic carbocycles. The van der Waals surface area contributed by atoms with Crippen molar-refractivity contribution in [1.82, 2.24) is 87.2 Å². The quantitative estimate of drug-likeness (QED) is 0.0253. The van der Waals surface area contributed by atoms with E-state index in [1.54, 1.807) is 58.2 Å². The number of carbonyl (C=O) groups excluding carboxylic acids is 6. The van der Waals surface area contributed by atoms with Crippen LogP contribution in [0.15, 0.2) is 53.0 Å². The third kappa shape index (κ3) is 30.7. The second-order valence-corrected chi connectivity index (χ2v) is 49.8. The number of nitrogens with one attached hydrogen (secondary N) is 6. The van der Waals surface area contributed by atoms with E-state index in [0.29, 0.717) is 117 Å². The highest BCUT2D eigenvalue weighted by Crippen LogP contribution is 2.45. The summed E-state index contributed by atoms with van der Waals surface area (Å²) in [7, 11) is 0. The third-order valence-electron chi connectivity index (χ3n) is 23.4. The van der Waals surface area contributed by atoms with Gasteiger partial charge in [0.1, 0.15) is 43.4 Å². The number of anilines is 6. The maximum Gasteiger partial charge on any atom is 0.244 e. The van der Waals surface area contributed by atoms with Crippen molar-refractivity contribution in [2.75, 3.05) is 31.9 Å². The van der Waals surface area contributed by atoms with Gasteiger partial charge in [0.2, 0.25) is 84.0 Å². The SMILES string of the molecule is CC(C)(C)CC(=O)Nc1nc2cc(Br)c(Cl)nc2n1C1(C)CCC1.Cc1cc2nc(NC(=O)CC(C)(C)O)n(C(C)(C)C)c2nc1Cl.Cc1ccc2nc(NC(=O)CC(C)(C)C(F)F)n(C(C)(C)C)c2n1.Cc1ccc2nc(NC(=O)C[C@](C)(O)C(C)(C)C)n(C(C)(C)C)c2n1.Cc1nc2c(cc1Cl)nc(NC(=O)CC(C)(C)C(F)F)n2C(C)(C)C.Cc1nc2c(cc1Cl)nc(NC(=O)CC(C)(C)O)n2C(C)(C)C. The number of rotatable bonds is 20. The molecular weight excluding hydrogens is 2000 g/mol. The van der Waals surface area contributed by atoms with Gasteiger partial charge in [0.25, 0.3) is 0 Å². The van der Waals surface area contributed by atoms with Gasteiger partial charge in [-0.25, -0.2) is 77.4 Å². The molecule has 6 amide bonds.